The van der Waals surface area contributed by atoms with Crippen molar-refractivity contribution in [1.82, 2.24) is 9.88 Å². The number of pyridine rings is 1. The molecule has 0 aromatic carbocycles. The summed E-state index contributed by atoms with van der Waals surface area (Å²) < 4.78 is 5.39. The Labute approximate surface area is 117 Å². The maximum atomic E-state index is 12.5. The van der Waals surface area contributed by atoms with Gasteiger partial charge in [0, 0.05) is 31.3 Å². The zero-order valence-corrected chi connectivity index (χ0v) is 11.5. The van der Waals surface area contributed by atoms with Gasteiger partial charge in [-0.3, -0.25) is 4.79 Å². The van der Waals surface area contributed by atoms with Crippen molar-refractivity contribution < 1.29 is 9.53 Å². The van der Waals surface area contributed by atoms with Crippen molar-refractivity contribution in [1.29, 1.82) is 0 Å². The van der Waals surface area contributed by atoms with Crippen molar-refractivity contribution in [3.8, 4) is 0 Å². The second-order valence-corrected chi connectivity index (χ2v) is 5.68. The molecule has 2 fully saturated rings. The molecule has 4 nitrogen and oxygen atoms in total. The molecule has 0 bridgehead atoms. The van der Waals surface area contributed by atoms with Gasteiger partial charge in [0.05, 0.1) is 12.2 Å². The van der Waals surface area contributed by atoms with Crippen molar-refractivity contribution >= 4 is 17.5 Å². The van der Waals surface area contributed by atoms with Crippen LogP contribution in [-0.2, 0) is 4.74 Å². The minimum Gasteiger partial charge on any atom is -0.381 e. The van der Waals surface area contributed by atoms with E-state index in [1.807, 2.05) is 4.90 Å². The first-order valence-corrected chi connectivity index (χ1v) is 7.12. The van der Waals surface area contributed by atoms with Crippen molar-refractivity contribution in [2.24, 2.45) is 5.92 Å². The number of nitrogens with zero attached hydrogens (tertiary/aromatic N) is 2. The number of halogens is 1. The molecule has 5 heteroatoms. The van der Waals surface area contributed by atoms with Gasteiger partial charge in [-0.2, -0.15) is 0 Å². The second-order valence-electron chi connectivity index (χ2n) is 5.29. The number of ether oxygens (including phenoxy) is 1. The normalized spacial score (nSPS) is 22.5. The summed E-state index contributed by atoms with van der Waals surface area (Å²) >= 11 is 5.76. The number of carbonyl (C=O) groups is 1. The first-order chi connectivity index (χ1) is 9.24. The van der Waals surface area contributed by atoms with E-state index in [1.165, 1.54) is 0 Å². The number of carbonyl (C=O) groups excluding carboxylic acids is 1. The molecule has 1 aliphatic carbocycles. The fourth-order valence-electron chi connectivity index (χ4n) is 2.46. The van der Waals surface area contributed by atoms with E-state index in [0.717, 1.165) is 39.0 Å². The summed E-state index contributed by atoms with van der Waals surface area (Å²) in [6.45, 7) is 2.39. The van der Waals surface area contributed by atoms with Crippen molar-refractivity contribution in [2.45, 2.75) is 25.3 Å². The fourth-order valence-corrected chi connectivity index (χ4v) is 2.57. The van der Waals surface area contributed by atoms with E-state index in [2.05, 4.69) is 4.98 Å². The maximum Gasteiger partial charge on any atom is 0.255 e. The Kier molecular flexibility index (Phi) is 3.71. The van der Waals surface area contributed by atoms with Crippen LogP contribution in [0.2, 0.25) is 5.15 Å². The minimum absolute atomic E-state index is 0.0681. The third-order valence-electron chi connectivity index (χ3n) is 3.70. The Bertz CT molecular complexity index is 453. The Morgan fingerprint density at radius 2 is 2.26 bits per heavy atom. The molecule has 0 radical (unpaired) electrons. The number of hydrogen-bond acceptors (Lipinski definition) is 3. The van der Waals surface area contributed by atoms with E-state index in [0.29, 0.717) is 22.7 Å². The molecule has 3 rings (SSSR count). The van der Waals surface area contributed by atoms with Crippen molar-refractivity contribution in [2.75, 3.05) is 19.8 Å². The summed E-state index contributed by atoms with van der Waals surface area (Å²) in [4.78, 5) is 18.5. The zero-order chi connectivity index (χ0) is 13.2. The van der Waals surface area contributed by atoms with Crippen LogP contribution in [0.25, 0.3) is 0 Å². The average Bonchev–Trinajstić information content (AvgIpc) is 3.13. The van der Waals surface area contributed by atoms with Crippen molar-refractivity contribution in [3.05, 3.63) is 29.0 Å². The molecule has 2 heterocycles. The number of amides is 1. The standard InChI is InChI=1S/C14H17ClN2O2/c15-13-4-1-11(7-16-13)14(18)17(12-2-3-12)8-10-5-6-19-9-10/h1,4,7,10,12H,2-3,5-6,8-9H2. The predicted molar refractivity (Wildman–Crippen MR) is 72.2 cm³/mol. The predicted octanol–water partition coefficient (Wildman–Crippen LogP) is 2.38. The summed E-state index contributed by atoms with van der Waals surface area (Å²) in [6, 6.07) is 3.82. The van der Waals surface area contributed by atoms with Crippen LogP contribution in [0.15, 0.2) is 18.3 Å². The molecule has 1 aromatic rings. The smallest absolute Gasteiger partial charge is 0.255 e. The maximum absolute atomic E-state index is 12.5. The highest BCUT2D eigenvalue weighted by Gasteiger charge is 2.35. The van der Waals surface area contributed by atoms with Crippen LogP contribution >= 0.6 is 11.6 Å². The van der Waals surface area contributed by atoms with Gasteiger partial charge in [0.2, 0.25) is 0 Å². The number of aromatic nitrogens is 1. The van der Waals surface area contributed by atoms with Crippen LogP contribution in [0.3, 0.4) is 0 Å². The molecule has 0 N–H and O–H groups in total. The minimum atomic E-state index is 0.0681. The van der Waals surface area contributed by atoms with E-state index in [-0.39, 0.29) is 5.91 Å². The Balaban J connectivity index is 1.71. The molecule has 19 heavy (non-hydrogen) atoms. The SMILES string of the molecule is O=C(c1ccc(Cl)nc1)N(CC1CCOC1)C1CC1. The number of rotatable bonds is 4. The summed E-state index contributed by atoms with van der Waals surface area (Å²) in [5.74, 6) is 0.545. The van der Waals surface area contributed by atoms with Crippen LogP contribution < -0.4 is 0 Å². The lowest BCUT2D eigenvalue weighted by atomic mass is 10.1. The van der Waals surface area contributed by atoms with Gasteiger partial charge in [0.25, 0.3) is 5.91 Å². The molecule has 1 amide bonds. The van der Waals surface area contributed by atoms with E-state index in [4.69, 9.17) is 16.3 Å². The lowest BCUT2D eigenvalue weighted by Gasteiger charge is -2.25. The van der Waals surface area contributed by atoms with Gasteiger partial charge in [-0.05, 0) is 31.4 Å². The highest BCUT2D eigenvalue weighted by Crippen LogP contribution is 2.30. The van der Waals surface area contributed by atoms with Gasteiger partial charge in [-0.15, -0.1) is 0 Å². The lowest BCUT2D eigenvalue weighted by Crippen LogP contribution is -2.37. The zero-order valence-electron chi connectivity index (χ0n) is 10.7. The van der Waals surface area contributed by atoms with E-state index in [1.54, 1.807) is 18.3 Å². The van der Waals surface area contributed by atoms with Gasteiger partial charge in [0.1, 0.15) is 5.15 Å². The van der Waals surface area contributed by atoms with Gasteiger partial charge >= 0.3 is 0 Å². The molecule has 1 aliphatic heterocycles. The highest BCUT2D eigenvalue weighted by atomic mass is 35.5. The molecule has 1 atom stereocenters. The van der Waals surface area contributed by atoms with E-state index in [9.17, 15) is 4.79 Å². The molecule has 1 unspecified atom stereocenters. The van der Waals surface area contributed by atoms with Crippen LogP contribution in [0.4, 0.5) is 0 Å². The third kappa shape index (κ3) is 3.07. The molecular weight excluding hydrogens is 264 g/mol. The summed E-state index contributed by atoms with van der Waals surface area (Å²) in [5, 5.41) is 0.415. The molecular formula is C14H17ClN2O2. The molecule has 102 valence electrons. The second kappa shape index (κ2) is 5.47. The van der Waals surface area contributed by atoms with E-state index < -0.39 is 0 Å². The van der Waals surface area contributed by atoms with Crippen LogP contribution in [0.1, 0.15) is 29.6 Å². The third-order valence-corrected chi connectivity index (χ3v) is 3.93. The molecule has 2 aliphatic rings. The topological polar surface area (TPSA) is 42.4 Å². The monoisotopic (exact) mass is 280 g/mol. The molecule has 1 saturated carbocycles. The van der Waals surface area contributed by atoms with Crippen LogP contribution in [0.5, 0.6) is 0 Å². The van der Waals surface area contributed by atoms with Gasteiger partial charge in [-0.25, -0.2) is 4.98 Å². The molecule has 1 saturated heterocycles. The lowest BCUT2D eigenvalue weighted by molar-refractivity contribution is 0.0706. The average molecular weight is 281 g/mol. The molecule has 0 spiro atoms. The first-order valence-electron chi connectivity index (χ1n) is 6.74. The van der Waals surface area contributed by atoms with Gasteiger partial charge in [0.15, 0.2) is 0 Å². The highest BCUT2D eigenvalue weighted by molar-refractivity contribution is 6.29. The summed E-state index contributed by atoms with van der Waals surface area (Å²) in [6.07, 6.45) is 4.83. The summed E-state index contributed by atoms with van der Waals surface area (Å²) in [5.41, 5.74) is 0.621. The fraction of sp³-hybridized carbons (Fsp3) is 0.571. The quantitative estimate of drug-likeness (QED) is 0.795. The first kappa shape index (κ1) is 12.9. The van der Waals surface area contributed by atoms with E-state index >= 15 is 0 Å². The van der Waals surface area contributed by atoms with Crippen LogP contribution in [0, 0.1) is 5.92 Å². The Morgan fingerprint density at radius 3 is 2.84 bits per heavy atom. The molecule has 1 aromatic heterocycles. The van der Waals surface area contributed by atoms with Gasteiger partial charge in [-0.1, -0.05) is 11.6 Å². The Morgan fingerprint density at radius 1 is 1.42 bits per heavy atom. The van der Waals surface area contributed by atoms with Crippen molar-refractivity contribution in [3.63, 3.8) is 0 Å². The Hall–Kier alpha value is -1.13. The number of hydrogen-bond donors (Lipinski definition) is 0. The largest absolute Gasteiger partial charge is 0.381 e. The summed E-state index contributed by atoms with van der Waals surface area (Å²) in [7, 11) is 0. The van der Waals surface area contributed by atoms with Crippen LogP contribution in [-0.4, -0.2) is 41.6 Å². The van der Waals surface area contributed by atoms with Gasteiger partial charge < -0.3 is 9.64 Å².